The van der Waals surface area contributed by atoms with Gasteiger partial charge in [-0.15, -0.1) is 0 Å². The minimum Gasteiger partial charge on any atom is -0.493 e. The van der Waals surface area contributed by atoms with Gasteiger partial charge in [-0.3, -0.25) is 9.69 Å². The van der Waals surface area contributed by atoms with Gasteiger partial charge in [0.2, 0.25) is 5.91 Å². The van der Waals surface area contributed by atoms with Gasteiger partial charge in [0.15, 0.2) is 11.5 Å². The molecule has 2 aromatic rings. The number of anilines is 1. The van der Waals surface area contributed by atoms with Gasteiger partial charge in [0, 0.05) is 24.8 Å². The summed E-state index contributed by atoms with van der Waals surface area (Å²) >= 11 is 0. The number of hydrogen-bond donors (Lipinski definition) is 1. The Balaban J connectivity index is 1.46. The molecule has 0 unspecified atom stereocenters. The third-order valence-electron chi connectivity index (χ3n) is 5.35. The first-order valence-corrected chi connectivity index (χ1v) is 9.96. The van der Waals surface area contributed by atoms with Crippen LogP contribution in [0.5, 0.6) is 17.2 Å². The van der Waals surface area contributed by atoms with Crippen molar-refractivity contribution in [3.8, 4) is 17.2 Å². The van der Waals surface area contributed by atoms with E-state index in [-0.39, 0.29) is 12.0 Å². The minimum absolute atomic E-state index is 0.0363. The first-order valence-electron chi connectivity index (χ1n) is 9.96. The number of aryl methyl sites for hydroxylation is 2. The Morgan fingerprint density at radius 2 is 1.72 bits per heavy atom. The largest absolute Gasteiger partial charge is 0.493 e. The van der Waals surface area contributed by atoms with E-state index in [2.05, 4.69) is 36.2 Å². The lowest BCUT2D eigenvalue weighted by molar-refractivity contribution is -0.117. The average Bonchev–Trinajstić information content (AvgIpc) is 2.72. The molecule has 1 amide bonds. The lowest BCUT2D eigenvalue weighted by Crippen LogP contribution is -2.42. The van der Waals surface area contributed by atoms with Crippen molar-refractivity contribution in [3.63, 3.8) is 0 Å². The average molecular weight is 399 g/mol. The number of rotatable bonds is 7. The number of piperidine rings is 1. The van der Waals surface area contributed by atoms with E-state index >= 15 is 0 Å². The molecular formula is C23H30N2O4. The molecule has 1 aliphatic heterocycles. The van der Waals surface area contributed by atoms with Crippen LogP contribution in [0.3, 0.4) is 0 Å². The van der Waals surface area contributed by atoms with Gasteiger partial charge in [-0.1, -0.05) is 6.07 Å². The van der Waals surface area contributed by atoms with Crippen LogP contribution in [0.1, 0.15) is 24.0 Å². The van der Waals surface area contributed by atoms with Crippen molar-refractivity contribution in [2.45, 2.75) is 32.8 Å². The molecule has 0 saturated carbocycles. The van der Waals surface area contributed by atoms with Gasteiger partial charge >= 0.3 is 0 Å². The van der Waals surface area contributed by atoms with Crippen molar-refractivity contribution in [2.75, 3.05) is 39.2 Å². The second kappa shape index (κ2) is 9.65. The Morgan fingerprint density at radius 3 is 2.38 bits per heavy atom. The molecule has 1 fully saturated rings. The molecule has 0 spiro atoms. The summed E-state index contributed by atoms with van der Waals surface area (Å²) in [7, 11) is 3.16. The van der Waals surface area contributed by atoms with E-state index in [0.717, 1.165) is 31.7 Å². The molecule has 29 heavy (non-hydrogen) atoms. The van der Waals surface area contributed by atoms with Gasteiger partial charge in [0.25, 0.3) is 0 Å². The molecule has 1 N–H and O–H groups in total. The van der Waals surface area contributed by atoms with Gasteiger partial charge < -0.3 is 19.5 Å². The number of carbonyl (C=O) groups excluding carboxylic acids is 1. The smallest absolute Gasteiger partial charge is 0.238 e. The molecule has 1 aliphatic rings. The lowest BCUT2D eigenvalue weighted by atomic mass is 10.1. The number of hydrogen-bond acceptors (Lipinski definition) is 5. The summed E-state index contributed by atoms with van der Waals surface area (Å²) in [6.07, 6.45) is 2.02. The number of likely N-dealkylation sites (tertiary alicyclic amines) is 1. The molecule has 0 aromatic heterocycles. The Morgan fingerprint density at radius 1 is 1.00 bits per heavy atom. The fourth-order valence-corrected chi connectivity index (χ4v) is 3.48. The monoisotopic (exact) mass is 398 g/mol. The second-order valence-corrected chi connectivity index (χ2v) is 7.46. The molecule has 0 atom stereocenters. The van der Waals surface area contributed by atoms with Crippen LogP contribution in [0.4, 0.5) is 5.69 Å². The fraction of sp³-hybridized carbons (Fsp3) is 0.435. The number of ether oxygens (including phenoxy) is 3. The maximum atomic E-state index is 12.4. The van der Waals surface area contributed by atoms with E-state index in [1.807, 2.05) is 12.1 Å². The van der Waals surface area contributed by atoms with E-state index in [9.17, 15) is 4.79 Å². The highest BCUT2D eigenvalue weighted by molar-refractivity contribution is 5.92. The van der Waals surface area contributed by atoms with Crippen LogP contribution in [-0.2, 0) is 4.79 Å². The fourth-order valence-electron chi connectivity index (χ4n) is 3.48. The van der Waals surface area contributed by atoms with Crippen LogP contribution in [-0.4, -0.2) is 50.8 Å². The number of benzene rings is 2. The van der Waals surface area contributed by atoms with Crippen LogP contribution < -0.4 is 19.5 Å². The topological polar surface area (TPSA) is 60.0 Å². The predicted octanol–water partition coefficient (Wildman–Crippen LogP) is 3.80. The van der Waals surface area contributed by atoms with Gasteiger partial charge in [-0.25, -0.2) is 0 Å². The zero-order valence-electron chi connectivity index (χ0n) is 17.7. The van der Waals surface area contributed by atoms with Crippen molar-refractivity contribution in [2.24, 2.45) is 0 Å². The normalized spacial score (nSPS) is 15.0. The Kier molecular flexibility index (Phi) is 6.99. The molecule has 1 saturated heterocycles. The molecule has 156 valence electrons. The summed E-state index contributed by atoms with van der Waals surface area (Å²) in [6, 6.07) is 11.6. The van der Waals surface area contributed by atoms with Crippen molar-refractivity contribution < 1.29 is 19.0 Å². The molecule has 0 bridgehead atoms. The number of methoxy groups -OCH3 is 2. The highest BCUT2D eigenvalue weighted by Gasteiger charge is 2.22. The standard InChI is InChI=1S/C23H30N2O4/c1-16-5-7-20(13-17(16)2)29-19-9-11-25(12-10-19)15-23(26)24-18-6-8-21(27-3)22(14-18)28-4/h5-8,13-14,19H,9-12,15H2,1-4H3,(H,24,26). The van der Waals surface area contributed by atoms with Gasteiger partial charge in [-0.2, -0.15) is 0 Å². The summed E-state index contributed by atoms with van der Waals surface area (Å²) < 4.78 is 16.6. The Labute approximate surface area is 172 Å². The van der Waals surface area contributed by atoms with Crippen molar-refractivity contribution in [1.82, 2.24) is 4.90 Å². The summed E-state index contributed by atoms with van der Waals surface area (Å²) in [4.78, 5) is 14.6. The zero-order valence-corrected chi connectivity index (χ0v) is 17.7. The van der Waals surface area contributed by atoms with E-state index in [1.165, 1.54) is 11.1 Å². The summed E-state index contributed by atoms with van der Waals surface area (Å²) in [5, 5.41) is 2.93. The molecule has 6 nitrogen and oxygen atoms in total. The van der Waals surface area contributed by atoms with Crippen molar-refractivity contribution >= 4 is 11.6 Å². The van der Waals surface area contributed by atoms with Gasteiger partial charge in [-0.05, 0) is 62.1 Å². The van der Waals surface area contributed by atoms with E-state index in [0.29, 0.717) is 23.7 Å². The third kappa shape index (κ3) is 5.64. The summed E-state index contributed by atoms with van der Waals surface area (Å²) in [5.41, 5.74) is 3.21. The maximum Gasteiger partial charge on any atom is 0.238 e. The van der Waals surface area contributed by atoms with E-state index in [4.69, 9.17) is 14.2 Å². The molecule has 3 rings (SSSR count). The SMILES string of the molecule is COc1ccc(NC(=O)CN2CCC(Oc3ccc(C)c(C)c3)CC2)cc1OC. The van der Waals surface area contributed by atoms with Crippen LogP contribution in [0.2, 0.25) is 0 Å². The molecule has 0 radical (unpaired) electrons. The highest BCUT2D eigenvalue weighted by atomic mass is 16.5. The van der Waals surface area contributed by atoms with Crippen molar-refractivity contribution in [1.29, 1.82) is 0 Å². The van der Waals surface area contributed by atoms with Crippen LogP contribution >= 0.6 is 0 Å². The second-order valence-electron chi connectivity index (χ2n) is 7.46. The van der Waals surface area contributed by atoms with Crippen molar-refractivity contribution in [3.05, 3.63) is 47.5 Å². The quantitative estimate of drug-likeness (QED) is 0.769. The third-order valence-corrected chi connectivity index (χ3v) is 5.35. The predicted molar refractivity (Wildman–Crippen MR) is 114 cm³/mol. The first-order chi connectivity index (χ1) is 14.0. The Bertz CT molecular complexity index is 845. The van der Waals surface area contributed by atoms with E-state index in [1.54, 1.807) is 26.4 Å². The molecule has 6 heteroatoms. The number of carbonyl (C=O) groups is 1. The maximum absolute atomic E-state index is 12.4. The highest BCUT2D eigenvalue weighted by Crippen LogP contribution is 2.29. The summed E-state index contributed by atoms with van der Waals surface area (Å²) in [5.74, 6) is 2.12. The number of nitrogens with one attached hydrogen (secondary N) is 1. The van der Waals surface area contributed by atoms with Crippen LogP contribution in [0.15, 0.2) is 36.4 Å². The molecule has 0 aliphatic carbocycles. The van der Waals surface area contributed by atoms with Gasteiger partial charge in [0.05, 0.1) is 20.8 Å². The summed E-state index contributed by atoms with van der Waals surface area (Å²) in [6.45, 7) is 6.25. The number of nitrogens with zero attached hydrogens (tertiary/aromatic N) is 1. The first kappa shape index (κ1) is 21.0. The molecule has 2 aromatic carbocycles. The number of amides is 1. The zero-order chi connectivity index (χ0) is 20.8. The van der Waals surface area contributed by atoms with Crippen LogP contribution in [0, 0.1) is 13.8 Å². The van der Waals surface area contributed by atoms with Gasteiger partial charge in [0.1, 0.15) is 11.9 Å². The molecular weight excluding hydrogens is 368 g/mol. The molecule has 1 heterocycles. The van der Waals surface area contributed by atoms with E-state index < -0.39 is 0 Å². The lowest BCUT2D eigenvalue weighted by Gasteiger charge is -2.31. The Hall–Kier alpha value is -2.73. The van der Waals surface area contributed by atoms with Crippen LogP contribution in [0.25, 0.3) is 0 Å². The minimum atomic E-state index is -0.0363.